The molecular formula is C15H22N4. The van der Waals surface area contributed by atoms with Crippen LogP contribution in [0.4, 0.5) is 0 Å². The summed E-state index contributed by atoms with van der Waals surface area (Å²) in [5.41, 5.74) is 3.69. The molecule has 0 bridgehead atoms. The summed E-state index contributed by atoms with van der Waals surface area (Å²) in [7, 11) is 0. The van der Waals surface area contributed by atoms with Crippen molar-refractivity contribution in [3.05, 3.63) is 47.8 Å². The minimum Gasteiger partial charge on any atom is -0.333 e. The molecule has 2 aromatic rings. The van der Waals surface area contributed by atoms with Gasteiger partial charge in [0.1, 0.15) is 0 Å². The van der Waals surface area contributed by atoms with Crippen LogP contribution < -0.4 is 5.32 Å². The summed E-state index contributed by atoms with van der Waals surface area (Å²) >= 11 is 0. The first-order valence-corrected chi connectivity index (χ1v) is 6.97. The van der Waals surface area contributed by atoms with E-state index in [1.807, 2.05) is 24.8 Å². The van der Waals surface area contributed by atoms with Crippen LogP contribution in [0.15, 0.2) is 30.9 Å². The van der Waals surface area contributed by atoms with Gasteiger partial charge in [0.15, 0.2) is 0 Å². The summed E-state index contributed by atoms with van der Waals surface area (Å²) in [6.45, 7) is 7.01. The van der Waals surface area contributed by atoms with Gasteiger partial charge in [0.05, 0.1) is 17.7 Å². The molecular weight excluding hydrogens is 236 g/mol. The fraction of sp³-hybridized carbons (Fsp3) is 0.467. The molecule has 0 amide bonds. The van der Waals surface area contributed by atoms with Gasteiger partial charge < -0.3 is 9.88 Å². The van der Waals surface area contributed by atoms with Gasteiger partial charge in [-0.2, -0.15) is 0 Å². The lowest BCUT2D eigenvalue weighted by atomic mass is 10.1. The first-order valence-electron chi connectivity index (χ1n) is 6.97. The van der Waals surface area contributed by atoms with Crippen LogP contribution in [0.3, 0.4) is 0 Å². The summed E-state index contributed by atoms with van der Waals surface area (Å²) in [4.78, 5) is 8.65. The largest absolute Gasteiger partial charge is 0.333 e. The van der Waals surface area contributed by atoms with Crippen molar-refractivity contribution in [3.8, 4) is 0 Å². The minimum atomic E-state index is 0.807. The molecule has 0 spiro atoms. The Morgan fingerprint density at radius 3 is 2.95 bits per heavy atom. The van der Waals surface area contributed by atoms with Crippen LogP contribution in [0.25, 0.3) is 0 Å². The van der Waals surface area contributed by atoms with E-state index in [0.717, 1.165) is 38.2 Å². The Hall–Kier alpha value is -1.68. The van der Waals surface area contributed by atoms with Gasteiger partial charge in [0.25, 0.3) is 0 Å². The molecule has 0 aromatic carbocycles. The third-order valence-corrected chi connectivity index (χ3v) is 3.23. The van der Waals surface area contributed by atoms with E-state index >= 15 is 0 Å². The van der Waals surface area contributed by atoms with Gasteiger partial charge in [-0.15, -0.1) is 0 Å². The summed E-state index contributed by atoms with van der Waals surface area (Å²) in [5, 5.41) is 3.45. The number of pyridine rings is 1. The van der Waals surface area contributed by atoms with Gasteiger partial charge in [-0.1, -0.05) is 19.9 Å². The third-order valence-electron chi connectivity index (χ3n) is 3.23. The Labute approximate surface area is 114 Å². The van der Waals surface area contributed by atoms with Crippen molar-refractivity contribution in [2.75, 3.05) is 0 Å². The maximum Gasteiger partial charge on any atom is 0.0948 e. The third kappa shape index (κ3) is 3.64. The maximum absolute atomic E-state index is 4.44. The molecule has 0 fully saturated rings. The number of hydrogen-bond acceptors (Lipinski definition) is 3. The number of hydrogen-bond donors (Lipinski definition) is 1. The van der Waals surface area contributed by atoms with Crippen molar-refractivity contribution in [2.24, 2.45) is 0 Å². The van der Waals surface area contributed by atoms with Crippen molar-refractivity contribution in [1.82, 2.24) is 19.9 Å². The standard InChI is InChI=1S/C15H22N4/c1-3-8-19-12-17-10-14(19)9-16-11-15-13(4-2)6-5-7-18-15/h5-7,10,12,16H,3-4,8-9,11H2,1-2H3. The molecule has 0 aliphatic rings. The molecule has 0 atom stereocenters. The lowest BCUT2D eigenvalue weighted by molar-refractivity contribution is 0.595. The second kappa shape index (κ2) is 7.04. The second-order valence-electron chi connectivity index (χ2n) is 4.64. The monoisotopic (exact) mass is 258 g/mol. The summed E-state index contributed by atoms with van der Waals surface area (Å²) in [6, 6.07) is 4.14. The van der Waals surface area contributed by atoms with Crippen molar-refractivity contribution in [3.63, 3.8) is 0 Å². The molecule has 4 nitrogen and oxygen atoms in total. The van der Waals surface area contributed by atoms with E-state index in [1.54, 1.807) is 0 Å². The number of imidazole rings is 1. The zero-order valence-electron chi connectivity index (χ0n) is 11.8. The number of aryl methyl sites for hydroxylation is 2. The van der Waals surface area contributed by atoms with Crippen LogP contribution in [0, 0.1) is 0 Å². The Kier molecular flexibility index (Phi) is 5.10. The number of nitrogens with one attached hydrogen (secondary N) is 1. The van der Waals surface area contributed by atoms with Crippen LogP contribution in [-0.2, 0) is 26.1 Å². The molecule has 4 heteroatoms. The van der Waals surface area contributed by atoms with Gasteiger partial charge in [-0.3, -0.25) is 4.98 Å². The number of nitrogens with zero attached hydrogens (tertiary/aromatic N) is 3. The minimum absolute atomic E-state index is 0.807. The van der Waals surface area contributed by atoms with Crippen molar-refractivity contribution in [1.29, 1.82) is 0 Å². The van der Waals surface area contributed by atoms with E-state index < -0.39 is 0 Å². The molecule has 0 aliphatic carbocycles. The van der Waals surface area contributed by atoms with Gasteiger partial charge in [-0.05, 0) is 24.5 Å². The van der Waals surface area contributed by atoms with Gasteiger partial charge in [0, 0.05) is 32.0 Å². The molecule has 0 aliphatic heterocycles. The molecule has 0 saturated carbocycles. The maximum atomic E-state index is 4.44. The van der Waals surface area contributed by atoms with Crippen LogP contribution in [0.5, 0.6) is 0 Å². The van der Waals surface area contributed by atoms with Gasteiger partial charge in [0.2, 0.25) is 0 Å². The molecule has 0 radical (unpaired) electrons. The average Bonchev–Trinajstić information content (AvgIpc) is 2.87. The zero-order valence-corrected chi connectivity index (χ0v) is 11.8. The summed E-state index contributed by atoms with van der Waals surface area (Å²) < 4.78 is 2.20. The Bertz CT molecular complexity index is 504. The molecule has 2 rings (SSSR count). The molecule has 2 aromatic heterocycles. The summed E-state index contributed by atoms with van der Waals surface area (Å²) in [6.07, 6.45) is 7.85. The fourth-order valence-electron chi connectivity index (χ4n) is 2.20. The van der Waals surface area contributed by atoms with E-state index in [-0.39, 0.29) is 0 Å². The molecule has 0 unspecified atom stereocenters. The van der Waals surface area contributed by atoms with Crippen molar-refractivity contribution >= 4 is 0 Å². The van der Waals surface area contributed by atoms with Crippen molar-refractivity contribution in [2.45, 2.75) is 46.3 Å². The molecule has 2 heterocycles. The zero-order chi connectivity index (χ0) is 13.5. The topological polar surface area (TPSA) is 42.7 Å². The average molecular weight is 258 g/mol. The highest BCUT2D eigenvalue weighted by Gasteiger charge is 2.03. The summed E-state index contributed by atoms with van der Waals surface area (Å²) in [5.74, 6) is 0. The van der Waals surface area contributed by atoms with E-state index in [4.69, 9.17) is 0 Å². The Balaban J connectivity index is 1.91. The predicted octanol–water partition coefficient (Wildman–Crippen LogP) is 2.54. The van der Waals surface area contributed by atoms with E-state index in [9.17, 15) is 0 Å². The van der Waals surface area contributed by atoms with Crippen molar-refractivity contribution < 1.29 is 0 Å². The number of rotatable bonds is 7. The quantitative estimate of drug-likeness (QED) is 0.830. The highest BCUT2D eigenvalue weighted by Crippen LogP contribution is 2.06. The van der Waals surface area contributed by atoms with Crippen LogP contribution >= 0.6 is 0 Å². The lowest BCUT2D eigenvalue weighted by Crippen LogP contribution is -2.17. The smallest absolute Gasteiger partial charge is 0.0948 e. The SMILES string of the molecule is CCCn1cncc1CNCc1ncccc1CC. The molecule has 19 heavy (non-hydrogen) atoms. The normalized spacial score (nSPS) is 10.8. The van der Waals surface area contributed by atoms with Crippen LogP contribution in [0.2, 0.25) is 0 Å². The van der Waals surface area contributed by atoms with Gasteiger partial charge >= 0.3 is 0 Å². The van der Waals surface area contributed by atoms with E-state index in [1.165, 1.54) is 11.3 Å². The van der Waals surface area contributed by atoms with Gasteiger partial charge in [-0.25, -0.2) is 4.98 Å². The highest BCUT2D eigenvalue weighted by atomic mass is 15.1. The number of aromatic nitrogens is 3. The highest BCUT2D eigenvalue weighted by molar-refractivity contribution is 5.19. The van der Waals surface area contributed by atoms with Crippen LogP contribution in [0.1, 0.15) is 37.2 Å². The predicted molar refractivity (Wildman–Crippen MR) is 76.7 cm³/mol. The first kappa shape index (κ1) is 13.7. The van der Waals surface area contributed by atoms with E-state index in [0.29, 0.717) is 0 Å². The molecule has 1 N–H and O–H groups in total. The fourth-order valence-corrected chi connectivity index (χ4v) is 2.20. The Morgan fingerprint density at radius 1 is 1.26 bits per heavy atom. The van der Waals surface area contributed by atoms with E-state index in [2.05, 4.69) is 39.8 Å². The second-order valence-corrected chi connectivity index (χ2v) is 4.64. The Morgan fingerprint density at radius 2 is 2.16 bits per heavy atom. The van der Waals surface area contributed by atoms with Crippen LogP contribution in [-0.4, -0.2) is 14.5 Å². The first-order chi connectivity index (χ1) is 9.35. The lowest BCUT2D eigenvalue weighted by Gasteiger charge is -2.09. The molecule has 0 saturated heterocycles. The molecule has 102 valence electrons.